The maximum absolute atomic E-state index is 12.9. The topological polar surface area (TPSA) is 119 Å². The molecule has 0 aromatic heterocycles. The highest BCUT2D eigenvalue weighted by molar-refractivity contribution is 5.87. The van der Waals surface area contributed by atoms with E-state index in [1.54, 1.807) is 26.8 Å². The van der Waals surface area contributed by atoms with Crippen LogP contribution in [0.5, 0.6) is 0 Å². The molecule has 2 fully saturated rings. The van der Waals surface area contributed by atoms with Gasteiger partial charge in [-0.05, 0) is 63.9 Å². The summed E-state index contributed by atoms with van der Waals surface area (Å²) in [6.45, 7) is 19.5. The minimum absolute atomic E-state index is 0.00646. The van der Waals surface area contributed by atoms with Crippen LogP contribution in [0, 0.1) is 22.7 Å². The largest absolute Gasteiger partial charge is 0.465 e. The zero-order valence-electron chi connectivity index (χ0n) is 23.3. The molecule has 37 heavy (non-hydrogen) atoms. The SMILES string of the molecule is C=CC(C)(O)CCC1C(=C)C(O)CC2C(C)(C)C(OC(C)=O)C(OC(=O)C(C)=CC)CC12COC(C)=O. The molecule has 0 saturated heterocycles. The Morgan fingerprint density at radius 1 is 1.16 bits per heavy atom. The second kappa shape index (κ2) is 11.5. The van der Waals surface area contributed by atoms with Crippen molar-refractivity contribution in [1.29, 1.82) is 0 Å². The van der Waals surface area contributed by atoms with Crippen LogP contribution in [-0.4, -0.2) is 58.6 Å². The van der Waals surface area contributed by atoms with Crippen LogP contribution in [0.3, 0.4) is 0 Å². The molecular weight excluding hydrogens is 476 g/mol. The molecule has 2 N–H and O–H groups in total. The Hall–Kier alpha value is -2.45. The standard InChI is InChI=1S/C29H44O8/c1-10-17(3)26(33)37-23-15-29(16-35-19(5)30)21(12-13-28(9,34)11-2)18(4)22(32)14-24(29)27(7,8)25(23)36-20(6)31/h10-11,21-25,32,34H,2,4,12-16H2,1,3,5-9H3. The lowest BCUT2D eigenvalue weighted by atomic mass is 9.44. The normalized spacial score (nSPS) is 32.9. The third kappa shape index (κ3) is 6.52. The summed E-state index contributed by atoms with van der Waals surface area (Å²) in [5.74, 6) is -2.16. The van der Waals surface area contributed by atoms with E-state index in [2.05, 4.69) is 13.2 Å². The lowest BCUT2D eigenvalue weighted by Gasteiger charge is -2.62. The summed E-state index contributed by atoms with van der Waals surface area (Å²) in [4.78, 5) is 37.1. The molecule has 7 atom stereocenters. The van der Waals surface area contributed by atoms with Crippen molar-refractivity contribution in [2.45, 2.75) is 98.1 Å². The molecule has 2 aliphatic rings. The molecule has 0 heterocycles. The van der Waals surface area contributed by atoms with Gasteiger partial charge in [-0.15, -0.1) is 6.58 Å². The fourth-order valence-electron chi connectivity index (χ4n) is 6.31. The first-order valence-corrected chi connectivity index (χ1v) is 12.9. The lowest BCUT2D eigenvalue weighted by molar-refractivity contribution is -0.231. The number of carbonyl (C=O) groups excluding carboxylic acids is 3. The first kappa shape index (κ1) is 30.8. The van der Waals surface area contributed by atoms with Gasteiger partial charge in [-0.2, -0.15) is 0 Å². The van der Waals surface area contributed by atoms with E-state index >= 15 is 0 Å². The van der Waals surface area contributed by atoms with Crippen LogP contribution < -0.4 is 0 Å². The number of aliphatic hydroxyl groups excluding tert-OH is 1. The van der Waals surface area contributed by atoms with Crippen LogP contribution in [0.1, 0.15) is 74.1 Å². The van der Waals surface area contributed by atoms with E-state index in [0.29, 0.717) is 30.4 Å². The number of aliphatic hydroxyl groups is 2. The molecular formula is C29H44O8. The van der Waals surface area contributed by atoms with Gasteiger partial charge in [0.2, 0.25) is 0 Å². The number of fused-ring (bicyclic) bond motifs is 1. The molecule has 2 saturated carbocycles. The number of hydrogen-bond acceptors (Lipinski definition) is 8. The number of rotatable bonds is 9. The predicted octanol–water partition coefficient (Wildman–Crippen LogP) is 4.05. The van der Waals surface area contributed by atoms with E-state index in [4.69, 9.17) is 14.2 Å². The Morgan fingerprint density at radius 3 is 2.30 bits per heavy atom. The van der Waals surface area contributed by atoms with Crippen LogP contribution in [0.2, 0.25) is 0 Å². The van der Waals surface area contributed by atoms with Crippen molar-refractivity contribution in [3.63, 3.8) is 0 Å². The molecule has 8 heteroatoms. The average molecular weight is 521 g/mol. The van der Waals surface area contributed by atoms with Crippen LogP contribution in [0.25, 0.3) is 0 Å². The van der Waals surface area contributed by atoms with Crippen molar-refractivity contribution >= 4 is 17.9 Å². The van der Waals surface area contributed by atoms with Gasteiger partial charge < -0.3 is 24.4 Å². The fourth-order valence-corrected chi connectivity index (χ4v) is 6.31. The van der Waals surface area contributed by atoms with Gasteiger partial charge in [0.05, 0.1) is 18.3 Å². The van der Waals surface area contributed by atoms with Gasteiger partial charge >= 0.3 is 17.9 Å². The summed E-state index contributed by atoms with van der Waals surface area (Å²) < 4.78 is 17.4. The smallest absolute Gasteiger partial charge is 0.333 e. The van der Waals surface area contributed by atoms with Crippen molar-refractivity contribution in [3.05, 3.63) is 36.5 Å². The zero-order chi connectivity index (χ0) is 28.3. The van der Waals surface area contributed by atoms with Crippen LogP contribution in [0.15, 0.2) is 36.5 Å². The van der Waals surface area contributed by atoms with Gasteiger partial charge in [-0.3, -0.25) is 9.59 Å². The van der Waals surface area contributed by atoms with Crippen LogP contribution in [0.4, 0.5) is 0 Å². The van der Waals surface area contributed by atoms with Gasteiger partial charge in [0.25, 0.3) is 0 Å². The van der Waals surface area contributed by atoms with Crippen LogP contribution in [-0.2, 0) is 28.6 Å². The van der Waals surface area contributed by atoms with E-state index in [9.17, 15) is 24.6 Å². The average Bonchev–Trinajstić information content (AvgIpc) is 2.81. The molecule has 0 aromatic rings. The number of esters is 3. The van der Waals surface area contributed by atoms with Gasteiger partial charge in [0.1, 0.15) is 12.2 Å². The second-order valence-corrected chi connectivity index (χ2v) is 11.5. The van der Waals surface area contributed by atoms with Gasteiger partial charge in [0, 0.05) is 30.3 Å². The summed E-state index contributed by atoms with van der Waals surface area (Å²) in [5, 5.41) is 21.8. The summed E-state index contributed by atoms with van der Waals surface area (Å²) >= 11 is 0. The molecule has 0 spiro atoms. The summed E-state index contributed by atoms with van der Waals surface area (Å²) in [7, 11) is 0. The summed E-state index contributed by atoms with van der Waals surface area (Å²) in [6, 6.07) is 0. The van der Waals surface area contributed by atoms with Crippen molar-refractivity contribution in [3.8, 4) is 0 Å². The number of hydrogen-bond donors (Lipinski definition) is 2. The van der Waals surface area contributed by atoms with Crippen molar-refractivity contribution in [2.24, 2.45) is 22.7 Å². The van der Waals surface area contributed by atoms with Crippen molar-refractivity contribution in [1.82, 2.24) is 0 Å². The van der Waals surface area contributed by atoms with Crippen molar-refractivity contribution in [2.75, 3.05) is 6.61 Å². The Morgan fingerprint density at radius 2 is 1.78 bits per heavy atom. The maximum atomic E-state index is 12.9. The van der Waals surface area contributed by atoms with E-state index in [0.717, 1.165) is 0 Å². The minimum Gasteiger partial charge on any atom is -0.465 e. The Balaban J connectivity index is 2.70. The number of carbonyl (C=O) groups is 3. The molecule has 7 unspecified atom stereocenters. The predicted molar refractivity (Wildman–Crippen MR) is 139 cm³/mol. The monoisotopic (exact) mass is 520 g/mol. The Kier molecular flexibility index (Phi) is 9.58. The molecule has 208 valence electrons. The van der Waals surface area contributed by atoms with Gasteiger partial charge in [0.15, 0.2) is 0 Å². The minimum atomic E-state index is -1.15. The fraction of sp³-hybridized carbons (Fsp3) is 0.690. The van der Waals surface area contributed by atoms with E-state index in [1.807, 2.05) is 13.8 Å². The second-order valence-electron chi connectivity index (χ2n) is 11.5. The molecule has 0 aliphatic heterocycles. The number of ether oxygens (including phenoxy) is 3. The van der Waals surface area contributed by atoms with E-state index in [-0.39, 0.29) is 24.9 Å². The summed E-state index contributed by atoms with van der Waals surface area (Å²) in [5.41, 5.74) is -1.73. The summed E-state index contributed by atoms with van der Waals surface area (Å²) in [6.07, 6.45) is 1.95. The third-order valence-electron chi connectivity index (χ3n) is 8.50. The first-order chi connectivity index (χ1) is 17.0. The first-order valence-electron chi connectivity index (χ1n) is 12.9. The zero-order valence-corrected chi connectivity index (χ0v) is 23.3. The molecule has 0 radical (unpaired) electrons. The van der Waals surface area contributed by atoms with Crippen LogP contribution >= 0.6 is 0 Å². The van der Waals surface area contributed by atoms with E-state index in [1.165, 1.54) is 19.9 Å². The van der Waals surface area contributed by atoms with Crippen molar-refractivity contribution < 1.29 is 38.8 Å². The molecule has 0 amide bonds. The lowest BCUT2D eigenvalue weighted by Crippen LogP contribution is -2.65. The Labute approximate surface area is 220 Å². The molecule has 0 aromatic carbocycles. The highest BCUT2D eigenvalue weighted by Gasteiger charge is 2.65. The quantitative estimate of drug-likeness (QED) is 0.202. The maximum Gasteiger partial charge on any atom is 0.333 e. The van der Waals surface area contributed by atoms with E-state index < -0.39 is 52.7 Å². The van der Waals surface area contributed by atoms with Gasteiger partial charge in [-0.25, -0.2) is 4.79 Å². The highest BCUT2D eigenvalue weighted by atomic mass is 16.6. The molecule has 0 bridgehead atoms. The third-order valence-corrected chi connectivity index (χ3v) is 8.50. The molecule has 2 rings (SSSR count). The highest BCUT2D eigenvalue weighted by Crippen LogP contribution is 2.63. The molecule has 2 aliphatic carbocycles. The van der Waals surface area contributed by atoms with Gasteiger partial charge in [-0.1, -0.05) is 32.6 Å². The number of allylic oxidation sites excluding steroid dienone is 1. The Bertz CT molecular complexity index is 946. The molecule has 8 nitrogen and oxygen atoms in total.